The van der Waals surface area contributed by atoms with E-state index in [9.17, 15) is 9.59 Å². The van der Waals surface area contributed by atoms with E-state index in [2.05, 4.69) is 5.32 Å². The molecule has 1 rings (SSSR count). The van der Waals surface area contributed by atoms with Gasteiger partial charge in [-0.2, -0.15) is 11.8 Å². The van der Waals surface area contributed by atoms with Crippen molar-refractivity contribution in [1.82, 2.24) is 5.32 Å². The van der Waals surface area contributed by atoms with Gasteiger partial charge in [0.25, 0.3) is 0 Å². The maximum absolute atomic E-state index is 11.9. The Morgan fingerprint density at radius 2 is 1.95 bits per heavy atom. The number of hydrogen-bond donors (Lipinski definition) is 1. The van der Waals surface area contributed by atoms with Crippen LogP contribution in [-0.4, -0.2) is 44.1 Å². The van der Waals surface area contributed by atoms with Gasteiger partial charge >= 0.3 is 5.97 Å². The summed E-state index contributed by atoms with van der Waals surface area (Å²) in [6.45, 7) is 0. The van der Waals surface area contributed by atoms with Crippen LogP contribution in [0.4, 0.5) is 0 Å². The van der Waals surface area contributed by atoms with Gasteiger partial charge in [-0.15, -0.1) is 0 Å². The van der Waals surface area contributed by atoms with Crippen LogP contribution >= 0.6 is 11.8 Å². The number of hydrogen-bond acceptors (Lipinski definition) is 5. The molecular weight excluding hydrogens is 302 g/mol. The van der Waals surface area contributed by atoms with Crippen molar-refractivity contribution >= 4 is 29.7 Å². The maximum atomic E-state index is 11.9. The number of ether oxygens (including phenoxy) is 2. The first kappa shape index (κ1) is 18.1. The van der Waals surface area contributed by atoms with E-state index < -0.39 is 12.0 Å². The van der Waals surface area contributed by atoms with Crippen molar-refractivity contribution in [3.8, 4) is 5.75 Å². The van der Waals surface area contributed by atoms with Crippen LogP contribution in [-0.2, 0) is 14.3 Å². The predicted octanol–water partition coefficient (Wildman–Crippen LogP) is 2.12. The standard InChI is InChI=1S/C16H21NO4S/c1-20-13-7-4-12(5-8-13)6-9-15(18)17-14(10-11-22-3)16(19)21-2/h4-9,14H,10-11H2,1-3H3,(H,17,18)/b9-6+/t14-/m1/s1. The van der Waals surface area contributed by atoms with E-state index in [-0.39, 0.29) is 5.91 Å². The van der Waals surface area contributed by atoms with Gasteiger partial charge in [-0.05, 0) is 42.2 Å². The highest BCUT2D eigenvalue weighted by molar-refractivity contribution is 7.98. The van der Waals surface area contributed by atoms with Gasteiger partial charge in [-0.25, -0.2) is 4.79 Å². The molecule has 0 unspecified atom stereocenters. The number of carbonyl (C=O) groups excluding carboxylic acids is 2. The lowest BCUT2D eigenvalue weighted by Gasteiger charge is -2.14. The first-order valence-corrected chi connectivity index (χ1v) is 8.19. The van der Waals surface area contributed by atoms with E-state index in [4.69, 9.17) is 9.47 Å². The van der Waals surface area contributed by atoms with Crippen molar-refractivity contribution in [3.63, 3.8) is 0 Å². The zero-order chi connectivity index (χ0) is 16.4. The number of thioether (sulfide) groups is 1. The molecule has 1 amide bonds. The molecule has 1 aromatic carbocycles. The second-order valence-corrected chi connectivity index (χ2v) is 5.46. The Morgan fingerprint density at radius 3 is 2.50 bits per heavy atom. The van der Waals surface area contributed by atoms with E-state index in [0.29, 0.717) is 6.42 Å². The van der Waals surface area contributed by atoms with Crippen LogP contribution < -0.4 is 10.1 Å². The van der Waals surface area contributed by atoms with Crippen LogP contribution in [0, 0.1) is 0 Å². The summed E-state index contributed by atoms with van der Waals surface area (Å²) in [7, 11) is 2.91. The van der Waals surface area contributed by atoms with Crippen LogP contribution in [0.3, 0.4) is 0 Å². The SMILES string of the molecule is COC(=O)[C@@H](CCSC)NC(=O)/C=C/c1ccc(OC)cc1. The zero-order valence-corrected chi connectivity index (χ0v) is 13.8. The quantitative estimate of drug-likeness (QED) is 0.586. The minimum absolute atomic E-state index is 0.327. The monoisotopic (exact) mass is 323 g/mol. The highest BCUT2D eigenvalue weighted by Gasteiger charge is 2.19. The molecule has 1 N–H and O–H groups in total. The lowest BCUT2D eigenvalue weighted by Crippen LogP contribution is -2.41. The highest BCUT2D eigenvalue weighted by atomic mass is 32.2. The van der Waals surface area contributed by atoms with Crippen molar-refractivity contribution in [3.05, 3.63) is 35.9 Å². The predicted molar refractivity (Wildman–Crippen MR) is 89.0 cm³/mol. The molecule has 120 valence electrons. The molecule has 1 aromatic rings. The number of methoxy groups -OCH3 is 2. The molecule has 0 saturated heterocycles. The molecule has 6 heteroatoms. The fourth-order valence-corrected chi connectivity index (χ4v) is 2.21. The number of esters is 1. The third-order valence-corrected chi connectivity index (χ3v) is 3.60. The number of amides is 1. The molecule has 1 atom stereocenters. The average molecular weight is 323 g/mol. The lowest BCUT2D eigenvalue weighted by atomic mass is 10.2. The van der Waals surface area contributed by atoms with Crippen molar-refractivity contribution in [2.24, 2.45) is 0 Å². The second kappa shape index (κ2) is 9.89. The summed E-state index contributed by atoms with van der Waals surface area (Å²) in [5.74, 6) is 0.763. The molecule has 0 aliphatic heterocycles. The van der Waals surface area contributed by atoms with Crippen LogP contribution in [0.1, 0.15) is 12.0 Å². The Morgan fingerprint density at radius 1 is 1.27 bits per heavy atom. The molecule has 22 heavy (non-hydrogen) atoms. The van der Waals surface area contributed by atoms with Gasteiger partial charge in [0, 0.05) is 6.08 Å². The lowest BCUT2D eigenvalue weighted by molar-refractivity contribution is -0.144. The molecule has 5 nitrogen and oxygen atoms in total. The number of rotatable bonds is 8. The third-order valence-electron chi connectivity index (χ3n) is 2.96. The molecule has 0 bridgehead atoms. The highest BCUT2D eigenvalue weighted by Crippen LogP contribution is 2.12. The maximum Gasteiger partial charge on any atom is 0.328 e. The van der Waals surface area contributed by atoms with Crippen LogP contribution in [0.2, 0.25) is 0 Å². The van der Waals surface area contributed by atoms with Crippen molar-refractivity contribution in [2.45, 2.75) is 12.5 Å². The number of nitrogens with one attached hydrogen (secondary N) is 1. The van der Waals surface area contributed by atoms with Gasteiger partial charge in [0.15, 0.2) is 0 Å². The Hall–Kier alpha value is -1.95. The molecule has 0 fully saturated rings. The van der Waals surface area contributed by atoms with Crippen molar-refractivity contribution in [1.29, 1.82) is 0 Å². The van der Waals surface area contributed by atoms with Gasteiger partial charge in [0.1, 0.15) is 11.8 Å². The Bertz CT molecular complexity index is 513. The number of benzene rings is 1. The summed E-state index contributed by atoms with van der Waals surface area (Å²) in [6, 6.07) is 6.69. The van der Waals surface area contributed by atoms with Gasteiger partial charge in [0.05, 0.1) is 14.2 Å². The molecule has 0 radical (unpaired) electrons. The fraction of sp³-hybridized carbons (Fsp3) is 0.375. The van der Waals surface area contributed by atoms with E-state index in [0.717, 1.165) is 17.1 Å². The Labute approximate surface area is 135 Å². The average Bonchev–Trinajstić information content (AvgIpc) is 2.56. The first-order valence-electron chi connectivity index (χ1n) is 6.80. The van der Waals surface area contributed by atoms with Crippen molar-refractivity contribution in [2.75, 3.05) is 26.2 Å². The minimum Gasteiger partial charge on any atom is -0.497 e. The summed E-state index contributed by atoms with van der Waals surface area (Å²) in [5, 5.41) is 2.66. The van der Waals surface area contributed by atoms with E-state index in [1.807, 2.05) is 30.5 Å². The molecular formula is C16H21NO4S. The molecule has 0 aliphatic carbocycles. The largest absolute Gasteiger partial charge is 0.497 e. The zero-order valence-electron chi connectivity index (χ0n) is 13.0. The summed E-state index contributed by atoms with van der Waals surface area (Å²) >= 11 is 1.61. The van der Waals surface area contributed by atoms with Gasteiger partial charge in [-0.3, -0.25) is 4.79 Å². The molecule has 0 aliphatic rings. The topological polar surface area (TPSA) is 64.6 Å². The third kappa shape index (κ3) is 6.22. The molecule has 0 aromatic heterocycles. The van der Waals surface area contributed by atoms with Crippen molar-refractivity contribution < 1.29 is 19.1 Å². The minimum atomic E-state index is -0.620. The van der Waals surface area contributed by atoms with Gasteiger partial charge < -0.3 is 14.8 Å². The van der Waals surface area contributed by atoms with Crippen LogP contribution in [0.15, 0.2) is 30.3 Å². The van der Waals surface area contributed by atoms with E-state index >= 15 is 0 Å². The van der Waals surface area contributed by atoms with Gasteiger partial charge in [-0.1, -0.05) is 12.1 Å². The fourth-order valence-electron chi connectivity index (χ4n) is 1.73. The molecule has 0 saturated carbocycles. The smallest absolute Gasteiger partial charge is 0.328 e. The number of carbonyl (C=O) groups is 2. The first-order chi connectivity index (χ1) is 10.6. The summed E-state index contributed by atoms with van der Waals surface area (Å²) < 4.78 is 9.76. The Kier molecular flexibility index (Phi) is 8.14. The van der Waals surface area contributed by atoms with Gasteiger partial charge in [0.2, 0.25) is 5.91 Å². The van der Waals surface area contributed by atoms with Crippen LogP contribution in [0.5, 0.6) is 5.75 Å². The summed E-state index contributed by atoms with van der Waals surface area (Å²) in [5.41, 5.74) is 0.870. The second-order valence-electron chi connectivity index (χ2n) is 4.47. The molecule has 0 spiro atoms. The normalized spacial score (nSPS) is 12.0. The van der Waals surface area contributed by atoms with Crippen LogP contribution in [0.25, 0.3) is 6.08 Å². The molecule has 0 heterocycles. The van der Waals surface area contributed by atoms with E-state index in [1.54, 1.807) is 24.9 Å². The Balaban J connectivity index is 2.61. The summed E-state index contributed by atoms with van der Waals surface area (Å²) in [6.07, 6.45) is 5.56. The van der Waals surface area contributed by atoms with E-state index in [1.165, 1.54) is 13.2 Å². The summed E-state index contributed by atoms with van der Waals surface area (Å²) in [4.78, 5) is 23.5.